The second kappa shape index (κ2) is 11.8. The van der Waals surface area contributed by atoms with Gasteiger partial charge < -0.3 is 19.7 Å². The van der Waals surface area contributed by atoms with E-state index in [-0.39, 0.29) is 0 Å². The van der Waals surface area contributed by atoms with Gasteiger partial charge in [0, 0.05) is 17.6 Å². The summed E-state index contributed by atoms with van der Waals surface area (Å²) < 4.78 is 12.1. The number of carbonyl (C=O) groups is 2. The molecule has 0 radical (unpaired) electrons. The Morgan fingerprint density at radius 2 is 1.83 bits per heavy atom. The first kappa shape index (κ1) is 20.4. The summed E-state index contributed by atoms with van der Waals surface area (Å²) in [6.07, 6.45) is 2.29. The quantitative estimate of drug-likeness (QED) is 0.554. The van der Waals surface area contributed by atoms with E-state index >= 15 is 0 Å². The van der Waals surface area contributed by atoms with E-state index in [2.05, 4.69) is 20.8 Å². The number of morpholine rings is 1. The summed E-state index contributed by atoms with van der Waals surface area (Å²) in [6, 6.07) is 7.99. The molecule has 1 aliphatic rings. The minimum atomic E-state index is -1.82. The third kappa shape index (κ3) is 9.49. The van der Waals surface area contributed by atoms with Crippen LogP contribution in [0, 0.1) is 0 Å². The number of benzene rings is 1. The highest BCUT2D eigenvalue weighted by Gasteiger charge is 2.09. The highest BCUT2D eigenvalue weighted by atomic mass is 79.9. The number of halogens is 1. The summed E-state index contributed by atoms with van der Waals surface area (Å²) >= 11 is 3.44. The maximum absolute atomic E-state index is 9.10. The molecular weight excluding hydrogens is 382 g/mol. The molecule has 0 aromatic heterocycles. The van der Waals surface area contributed by atoms with Crippen LogP contribution < -0.4 is 4.74 Å². The lowest BCUT2D eigenvalue weighted by atomic mass is 10.3. The van der Waals surface area contributed by atoms with Crippen LogP contribution in [0.5, 0.6) is 5.75 Å². The smallest absolute Gasteiger partial charge is 0.414 e. The molecule has 134 valence electrons. The molecule has 0 unspecified atom stereocenters. The fraction of sp³-hybridized carbons (Fsp3) is 0.500. The summed E-state index contributed by atoms with van der Waals surface area (Å²) in [5.74, 6) is -2.71. The number of unbranched alkanes of at least 4 members (excludes halogenated alkanes) is 1. The highest BCUT2D eigenvalue weighted by Crippen LogP contribution is 2.17. The van der Waals surface area contributed by atoms with Crippen LogP contribution in [0.2, 0.25) is 0 Å². The van der Waals surface area contributed by atoms with E-state index in [0.717, 1.165) is 56.1 Å². The van der Waals surface area contributed by atoms with Crippen molar-refractivity contribution >= 4 is 27.9 Å². The van der Waals surface area contributed by atoms with Crippen LogP contribution in [0.25, 0.3) is 0 Å². The number of carboxylic acid groups (broad SMARTS) is 2. The molecule has 0 aliphatic carbocycles. The molecule has 0 amide bonds. The van der Waals surface area contributed by atoms with Crippen molar-refractivity contribution in [3.05, 3.63) is 28.7 Å². The lowest BCUT2D eigenvalue weighted by Gasteiger charge is -2.26. The van der Waals surface area contributed by atoms with Gasteiger partial charge in [-0.2, -0.15) is 0 Å². The standard InChI is InChI=1S/C14H20BrNO2.C2H2O4/c15-13-4-3-5-14(12-13)18-9-2-1-6-16-7-10-17-11-8-16;3-1(4)2(5)6/h3-5,12H,1-2,6-11H2;(H,3,4)(H,5,6). The molecule has 24 heavy (non-hydrogen) atoms. The molecule has 8 heteroatoms. The third-order valence-electron chi connectivity index (χ3n) is 3.22. The SMILES string of the molecule is Brc1cccc(OCCCCN2CCOCC2)c1.O=C(O)C(=O)O. The van der Waals surface area contributed by atoms with Crippen molar-refractivity contribution < 1.29 is 29.3 Å². The number of aliphatic carboxylic acids is 2. The van der Waals surface area contributed by atoms with E-state index < -0.39 is 11.9 Å². The summed E-state index contributed by atoms with van der Waals surface area (Å²) in [7, 11) is 0. The van der Waals surface area contributed by atoms with Crippen molar-refractivity contribution in [2.45, 2.75) is 12.8 Å². The monoisotopic (exact) mass is 403 g/mol. The maximum atomic E-state index is 9.10. The Labute approximate surface area is 149 Å². The molecule has 0 saturated carbocycles. The van der Waals surface area contributed by atoms with E-state index in [1.165, 1.54) is 6.42 Å². The Bertz CT molecular complexity index is 507. The number of hydrogen-bond donors (Lipinski definition) is 2. The molecule has 1 aromatic rings. The Kier molecular flexibility index (Phi) is 10.1. The number of carboxylic acids is 2. The van der Waals surface area contributed by atoms with Crippen molar-refractivity contribution in [2.24, 2.45) is 0 Å². The van der Waals surface area contributed by atoms with Gasteiger partial charge >= 0.3 is 11.9 Å². The molecule has 1 heterocycles. The molecule has 0 spiro atoms. The van der Waals surface area contributed by atoms with E-state index in [1.54, 1.807) is 0 Å². The molecule has 2 N–H and O–H groups in total. The first-order valence-electron chi connectivity index (χ1n) is 7.63. The van der Waals surface area contributed by atoms with Gasteiger partial charge in [-0.1, -0.05) is 22.0 Å². The summed E-state index contributed by atoms with van der Waals surface area (Å²) in [6.45, 7) is 5.87. The van der Waals surface area contributed by atoms with Crippen LogP contribution in [0.1, 0.15) is 12.8 Å². The average Bonchev–Trinajstić information content (AvgIpc) is 2.56. The third-order valence-corrected chi connectivity index (χ3v) is 3.71. The Balaban J connectivity index is 0.000000413. The average molecular weight is 404 g/mol. The van der Waals surface area contributed by atoms with Crippen LogP contribution in [0.15, 0.2) is 28.7 Å². The van der Waals surface area contributed by atoms with Gasteiger partial charge in [-0.25, -0.2) is 9.59 Å². The van der Waals surface area contributed by atoms with Crippen LogP contribution in [0.3, 0.4) is 0 Å². The summed E-state index contributed by atoms with van der Waals surface area (Å²) in [4.78, 5) is 20.7. The van der Waals surface area contributed by atoms with Gasteiger partial charge in [0.2, 0.25) is 0 Å². The number of nitrogens with zero attached hydrogens (tertiary/aromatic N) is 1. The van der Waals surface area contributed by atoms with Crippen LogP contribution in [-0.2, 0) is 14.3 Å². The Morgan fingerprint density at radius 1 is 1.17 bits per heavy atom. The molecule has 0 bridgehead atoms. The van der Waals surface area contributed by atoms with E-state index in [9.17, 15) is 0 Å². The van der Waals surface area contributed by atoms with Gasteiger partial charge in [-0.3, -0.25) is 4.90 Å². The van der Waals surface area contributed by atoms with Gasteiger partial charge in [0.25, 0.3) is 0 Å². The zero-order valence-corrected chi connectivity index (χ0v) is 14.9. The predicted molar refractivity (Wildman–Crippen MR) is 91.4 cm³/mol. The van der Waals surface area contributed by atoms with Crippen molar-refractivity contribution in [2.75, 3.05) is 39.5 Å². The summed E-state index contributed by atoms with van der Waals surface area (Å²) in [5.41, 5.74) is 0. The van der Waals surface area contributed by atoms with Crippen LogP contribution in [0.4, 0.5) is 0 Å². The first-order valence-corrected chi connectivity index (χ1v) is 8.43. The second-order valence-corrected chi connectivity index (χ2v) is 5.99. The van der Waals surface area contributed by atoms with Crippen LogP contribution >= 0.6 is 15.9 Å². The lowest BCUT2D eigenvalue weighted by molar-refractivity contribution is -0.159. The first-order chi connectivity index (χ1) is 11.5. The highest BCUT2D eigenvalue weighted by molar-refractivity contribution is 9.10. The normalized spacial score (nSPS) is 14.4. The zero-order chi connectivity index (χ0) is 17.8. The van der Waals surface area contributed by atoms with Crippen molar-refractivity contribution in [3.8, 4) is 5.75 Å². The molecule has 1 fully saturated rings. The van der Waals surface area contributed by atoms with Gasteiger partial charge in [0.05, 0.1) is 19.8 Å². The van der Waals surface area contributed by atoms with Crippen LogP contribution in [-0.4, -0.2) is 66.5 Å². The molecule has 1 aliphatic heterocycles. The molecule has 2 rings (SSSR count). The van der Waals surface area contributed by atoms with Gasteiger partial charge in [0.1, 0.15) is 5.75 Å². The van der Waals surface area contributed by atoms with Crippen molar-refractivity contribution in [3.63, 3.8) is 0 Å². The number of rotatable bonds is 6. The van der Waals surface area contributed by atoms with E-state index in [4.69, 9.17) is 29.3 Å². The molecular formula is C16H22BrNO6. The Morgan fingerprint density at radius 3 is 2.42 bits per heavy atom. The fourth-order valence-electron chi connectivity index (χ4n) is 2.01. The van der Waals surface area contributed by atoms with Crippen molar-refractivity contribution in [1.29, 1.82) is 0 Å². The van der Waals surface area contributed by atoms with Crippen molar-refractivity contribution in [1.82, 2.24) is 4.90 Å². The maximum Gasteiger partial charge on any atom is 0.414 e. The Hall–Kier alpha value is -1.64. The zero-order valence-electron chi connectivity index (χ0n) is 13.3. The lowest BCUT2D eigenvalue weighted by Crippen LogP contribution is -2.36. The van der Waals surface area contributed by atoms with Gasteiger partial charge in [-0.05, 0) is 37.6 Å². The molecule has 1 aromatic carbocycles. The van der Waals surface area contributed by atoms with E-state index in [1.807, 2.05) is 24.3 Å². The molecule has 7 nitrogen and oxygen atoms in total. The molecule has 0 atom stereocenters. The largest absolute Gasteiger partial charge is 0.494 e. The second-order valence-electron chi connectivity index (χ2n) is 5.08. The van der Waals surface area contributed by atoms with Gasteiger partial charge in [-0.15, -0.1) is 0 Å². The number of ether oxygens (including phenoxy) is 2. The predicted octanol–water partition coefficient (Wildman–Crippen LogP) is 2.10. The minimum absolute atomic E-state index is 0.792. The number of hydrogen-bond acceptors (Lipinski definition) is 5. The van der Waals surface area contributed by atoms with E-state index in [0.29, 0.717) is 0 Å². The minimum Gasteiger partial charge on any atom is -0.494 e. The fourth-order valence-corrected chi connectivity index (χ4v) is 2.39. The summed E-state index contributed by atoms with van der Waals surface area (Å²) in [5, 5.41) is 14.8. The van der Waals surface area contributed by atoms with Gasteiger partial charge in [0.15, 0.2) is 0 Å². The molecule has 1 saturated heterocycles. The topological polar surface area (TPSA) is 96.3 Å².